The van der Waals surface area contributed by atoms with Gasteiger partial charge in [0.25, 0.3) is 0 Å². The van der Waals surface area contributed by atoms with Crippen molar-refractivity contribution in [3.63, 3.8) is 0 Å². The first-order valence-electron chi connectivity index (χ1n) is 9.11. The molecule has 2 aromatic rings. The molecule has 0 saturated heterocycles. The molecule has 1 aliphatic carbocycles. The monoisotopic (exact) mass is 523 g/mol. The fraction of sp³-hybridized carbons (Fsp3) is 0.333. The van der Waals surface area contributed by atoms with E-state index in [9.17, 15) is 9.59 Å². The van der Waals surface area contributed by atoms with Crippen molar-refractivity contribution in [2.24, 2.45) is 5.92 Å². The Balaban J connectivity index is 1.74. The summed E-state index contributed by atoms with van der Waals surface area (Å²) in [5, 5.41) is 4.02. The predicted octanol–water partition coefficient (Wildman–Crippen LogP) is 7.50. The van der Waals surface area contributed by atoms with Crippen molar-refractivity contribution in [3.8, 4) is 0 Å². The molecule has 0 bridgehead atoms. The summed E-state index contributed by atoms with van der Waals surface area (Å²) in [6.07, 6.45) is 3.15. The average molecular weight is 526 g/mol. The van der Waals surface area contributed by atoms with E-state index in [1.165, 1.54) is 0 Å². The van der Waals surface area contributed by atoms with E-state index >= 15 is 0 Å². The van der Waals surface area contributed by atoms with E-state index in [2.05, 4.69) is 5.32 Å². The van der Waals surface area contributed by atoms with Gasteiger partial charge >= 0.3 is 0 Å². The predicted molar refractivity (Wildman–Crippen MR) is 129 cm³/mol. The van der Waals surface area contributed by atoms with Gasteiger partial charge in [-0.3, -0.25) is 9.59 Å². The van der Waals surface area contributed by atoms with Gasteiger partial charge < -0.3 is 5.32 Å². The number of Topliss-reactive ketones (excluding diaryl/α,β-unsaturated/α-hetero) is 1. The number of hydrogen-bond donors (Lipinski definition) is 1. The van der Waals surface area contributed by atoms with Gasteiger partial charge in [-0.15, -0.1) is 23.2 Å². The van der Waals surface area contributed by atoms with E-state index in [4.69, 9.17) is 58.0 Å². The zero-order chi connectivity index (χ0) is 22.1. The lowest BCUT2D eigenvalue weighted by molar-refractivity contribution is -0.117. The first-order chi connectivity index (χ1) is 14.1. The molecule has 2 atom stereocenters. The molecular formula is C21H18Cl5NO2S. The Kier molecular flexibility index (Phi) is 7.92. The van der Waals surface area contributed by atoms with Crippen LogP contribution in [0.15, 0.2) is 36.4 Å². The van der Waals surface area contributed by atoms with Crippen LogP contribution in [0.5, 0.6) is 0 Å². The Labute approximate surface area is 204 Å². The van der Waals surface area contributed by atoms with Crippen LogP contribution in [0.25, 0.3) is 0 Å². The van der Waals surface area contributed by atoms with E-state index in [0.717, 1.165) is 12.2 Å². The highest BCUT2D eigenvalue weighted by Gasteiger charge is 2.67. The zero-order valence-corrected chi connectivity index (χ0v) is 20.5. The van der Waals surface area contributed by atoms with Crippen LogP contribution in [-0.4, -0.2) is 28.0 Å². The van der Waals surface area contributed by atoms with Gasteiger partial charge in [-0.1, -0.05) is 34.8 Å². The van der Waals surface area contributed by atoms with Gasteiger partial charge in [0.1, 0.15) is 4.33 Å². The van der Waals surface area contributed by atoms with Crippen LogP contribution in [0, 0.1) is 5.92 Å². The summed E-state index contributed by atoms with van der Waals surface area (Å²) in [5.74, 6) is -0.663. The van der Waals surface area contributed by atoms with E-state index < -0.39 is 16.2 Å². The number of thioether (sulfide) groups is 1. The summed E-state index contributed by atoms with van der Waals surface area (Å²) in [5.41, 5.74) is 1.53. The smallest absolute Gasteiger partial charge is 0.231 e. The Morgan fingerprint density at radius 3 is 2.37 bits per heavy atom. The molecule has 1 N–H and O–H groups in total. The molecule has 0 aromatic heterocycles. The number of rotatable bonds is 8. The number of alkyl halides is 2. The summed E-state index contributed by atoms with van der Waals surface area (Å²) in [4.78, 5) is 25.3. The highest BCUT2D eigenvalue weighted by molar-refractivity contribution is 7.98. The third-order valence-electron chi connectivity index (χ3n) is 4.87. The van der Waals surface area contributed by atoms with Gasteiger partial charge in [0.05, 0.1) is 10.9 Å². The van der Waals surface area contributed by atoms with Crippen molar-refractivity contribution in [2.45, 2.75) is 23.1 Å². The second-order valence-corrected chi connectivity index (χ2v) is 10.7. The van der Waals surface area contributed by atoms with Crippen molar-refractivity contribution >= 4 is 87.1 Å². The zero-order valence-electron chi connectivity index (χ0n) is 15.9. The molecule has 0 spiro atoms. The first kappa shape index (κ1) is 24.0. The normalized spacial score (nSPS) is 19.4. The molecule has 0 radical (unpaired) electrons. The molecular weight excluding hydrogens is 508 g/mol. The minimum absolute atomic E-state index is 0.0629. The minimum Gasteiger partial charge on any atom is -0.326 e. The van der Waals surface area contributed by atoms with Crippen molar-refractivity contribution < 1.29 is 9.59 Å². The van der Waals surface area contributed by atoms with Crippen LogP contribution in [0.3, 0.4) is 0 Å². The van der Waals surface area contributed by atoms with Crippen LogP contribution in [-0.2, 0) is 4.79 Å². The van der Waals surface area contributed by atoms with Crippen LogP contribution in [0.1, 0.15) is 34.7 Å². The van der Waals surface area contributed by atoms with Crippen molar-refractivity contribution in [3.05, 3.63) is 62.6 Å². The Morgan fingerprint density at radius 2 is 1.73 bits per heavy atom. The number of hydrogen-bond acceptors (Lipinski definition) is 3. The number of nitrogens with one attached hydrogen (secondary N) is 1. The lowest BCUT2D eigenvalue weighted by Gasteiger charge is -2.09. The van der Waals surface area contributed by atoms with Gasteiger partial charge in [0, 0.05) is 33.6 Å². The number of halogens is 5. The summed E-state index contributed by atoms with van der Waals surface area (Å²) in [7, 11) is 0. The number of carbonyl (C=O) groups is 2. The molecule has 0 aliphatic heterocycles. The molecule has 1 aliphatic rings. The summed E-state index contributed by atoms with van der Waals surface area (Å²) in [6.45, 7) is 0. The van der Waals surface area contributed by atoms with Crippen LogP contribution in [0.4, 0.5) is 5.69 Å². The molecule has 0 heterocycles. The third-order valence-corrected chi connectivity index (χ3v) is 7.27. The molecule has 9 heteroatoms. The maximum atomic E-state index is 12.9. The minimum atomic E-state index is -1.28. The highest BCUT2D eigenvalue weighted by atomic mass is 35.5. The number of amides is 1. The maximum Gasteiger partial charge on any atom is 0.231 e. The standard InChI is InChI=1S/C21H18Cl5NO2S/c1-30-6-2-3-17(28)15-10-14(4-5-16(15)24)27-20(29)19-18(21(19,25)26)11-7-12(22)9-13(23)8-11/h4-5,7-10,18-19H,2-3,6H2,1H3,(H,27,29). The average Bonchev–Trinajstić information content (AvgIpc) is 3.25. The number of anilines is 1. The number of benzene rings is 2. The third kappa shape index (κ3) is 5.40. The van der Waals surface area contributed by atoms with Crippen LogP contribution >= 0.6 is 69.8 Å². The van der Waals surface area contributed by atoms with Gasteiger partial charge in [-0.05, 0) is 60.4 Å². The summed E-state index contributed by atoms with van der Waals surface area (Å²) in [6, 6.07) is 9.79. The van der Waals surface area contributed by atoms with Crippen molar-refractivity contribution in [1.29, 1.82) is 0 Å². The van der Waals surface area contributed by atoms with Gasteiger partial charge in [0.15, 0.2) is 5.78 Å². The molecule has 160 valence electrons. The van der Waals surface area contributed by atoms with Crippen LogP contribution in [0.2, 0.25) is 15.1 Å². The van der Waals surface area contributed by atoms with Crippen molar-refractivity contribution in [2.75, 3.05) is 17.3 Å². The second kappa shape index (κ2) is 9.89. The molecule has 3 rings (SSSR count). The van der Waals surface area contributed by atoms with Gasteiger partial charge in [0.2, 0.25) is 5.91 Å². The summed E-state index contributed by atoms with van der Waals surface area (Å²) >= 11 is 32.8. The molecule has 30 heavy (non-hydrogen) atoms. The molecule has 1 saturated carbocycles. The summed E-state index contributed by atoms with van der Waals surface area (Å²) < 4.78 is -1.28. The van der Waals surface area contributed by atoms with E-state index in [1.807, 2.05) is 6.26 Å². The largest absolute Gasteiger partial charge is 0.326 e. The van der Waals surface area contributed by atoms with Crippen LogP contribution < -0.4 is 5.32 Å². The lowest BCUT2D eigenvalue weighted by atomic mass is 10.1. The Hall–Kier alpha value is -0.620. The molecule has 1 fully saturated rings. The quantitative estimate of drug-likeness (QED) is 0.221. The number of carbonyl (C=O) groups excluding carboxylic acids is 2. The van der Waals surface area contributed by atoms with Gasteiger partial charge in [-0.25, -0.2) is 0 Å². The molecule has 1 amide bonds. The molecule has 2 unspecified atom stereocenters. The van der Waals surface area contributed by atoms with E-state index in [0.29, 0.717) is 38.3 Å². The van der Waals surface area contributed by atoms with E-state index in [1.54, 1.807) is 48.2 Å². The second-order valence-electron chi connectivity index (χ2n) is 7.04. The molecule has 3 nitrogen and oxygen atoms in total. The van der Waals surface area contributed by atoms with E-state index in [-0.39, 0.29) is 11.7 Å². The Bertz CT molecular complexity index is 962. The fourth-order valence-corrected chi connectivity index (χ4v) is 5.40. The highest BCUT2D eigenvalue weighted by Crippen LogP contribution is 2.65. The lowest BCUT2D eigenvalue weighted by Crippen LogP contribution is -2.17. The number of ketones is 1. The fourth-order valence-electron chi connectivity index (χ4n) is 3.37. The SMILES string of the molecule is CSCCCC(=O)c1cc(NC(=O)C2C(c3cc(Cl)cc(Cl)c3)C2(Cl)Cl)ccc1Cl. The van der Waals surface area contributed by atoms with Crippen molar-refractivity contribution in [1.82, 2.24) is 0 Å². The topological polar surface area (TPSA) is 46.2 Å². The van der Waals surface area contributed by atoms with Gasteiger partial charge in [-0.2, -0.15) is 11.8 Å². The maximum absolute atomic E-state index is 12.9. The molecule has 2 aromatic carbocycles. The first-order valence-corrected chi connectivity index (χ1v) is 12.4. The Morgan fingerprint density at radius 1 is 1.07 bits per heavy atom.